The zero-order valence-corrected chi connectivity index (χ0v) is 7.67. The van der Waals surface area contributed by atoms with Crippen LogP contribution in [0, 0.1) is 12.3 Å². The summed E-state index contributed by atoms with van der Waals surface area (Å²) < 4.78 is 4.51. The van der Waals surface area contributed by atoms with E-state index in [0.29, 0.717) is 19.5 Å². The molecule has 3 nitrogen and oxygen atoms in total. The van der Waals surface area contributed by atoms with E-state index >= 15 is 0 Å². The van der Waals surface area contributed by atoms with Gasteiger partial charge >= 0.3 is 5.97 Å². The highest BCUT2D eigenvalue weighted by atomic mass is 16.5. The van der Waals surface area contributed by atoms with Crippen molar-refractivity contribution in [2.24, 2.45) is 0 Å². The number of terminal acetylenes is 1. The number of carbonyl (C=O) groups is 1. The maximum absolute atomic E-state index is 10.7. The molecule has 0 bridgehead atoms. The van der Waals surface area contributed by atoms with Crippen LogP contribution >= 0.6 is 0 Å². The van der Waals surface area contributed by atoms with Gasteiger partial charge in [0.1, 0.15) is 0 Å². The molecule has 0 fully saturated rings. The predicted molar refractivity (Wildman–Crippen MR) is 47.6 cm³/mol. The molecule has 0 amide bonds. The van der Waals surface area contributed by atoms with Crippen molar-refractivity contribution >= 4 is 5.97 Å². The van der Waals surface area contributed by atoms with Crippen LogP contribution in [0.4, 0.5) is 0 Å². The number of hydrogen-bond acceptors (Lipinski definition) is 3. The van der Waals surface area contributed by atoms with E-state index in [2.05, 4.69) is 10.7 Å². The van der Waals surface area contributed by atoms with Gasteiger partial charge in [-0.05, 0) is 6.54 Å². The van der Waals surface area contributed by atoms with E-state index in [1.54, 1.807) is 0 Å². The van der Waals surface area contributed by atoms with Crippen LogP contribution < -0.4 is 0 Å². The van der Waals surface area contributed by atoms with Crippen LogP contribution in [0.1, 0.15) is 13.3 Å². The van der Waals surface area contributed by atoms with Gasteiger partial charge < -0.3 is 4.74 Å². The minimum absolute atomic E-state index is 0.189. The molecule has 0 aliphatic heterocycles. The Morgan fingerprint density at radius 2 is 2.33 bits per heavy atom. The Labute approximate surface area is 73.7 Å². The van der Waals surface area contributed by atoms with Crippen molar-refractivity contribution in [1.82, 2.24) is 4.90 Å². The van der Waals surface area contributed by atoms with Gasteiger partial charge in [-0.3, -0.25) is 9.69 Å². The van der Waals surface area contributed by atoms with Crippen molar-refractivity contribution in [3.8, 4) is 12.3 Å². The Balaban J connectivity index is 3.59. The van der Waals surface area contributed by atoms with Gasteiger partial charge in [0, 0.05) is 6.54 Å². The SMILES string of the molecule is C#CCN(CC)CCC(=O)OC. The van der Waals surface area contributed by atoms with E-state index in [1.165, 1.54) is 7.11 Å². The lowest BCUT2D eigenvalue weighted by Crippen LogP contribution is -2.26. The molecule has 0 heterocycles. The Kier molecular flexibility index (Phi) is 6.12. The highest BCUT2D eigenvalue weighted by molar-refractivity contribution is 5.69. The third-order valence-corrected chi connectivity index (χ3v) is 1.62. The fraction of sp³-hybridized carbons (Fsp3) is 0.667. The second-order valence-corrected chi connectivity index (χ2v) is 2.40. The Bertz CT molecular complexity index is 172. The molecule has 0 aliphatic carbocycles. The van der Waals surface area contributed by atoms with E-state index in [4.69, 9.17) is 6.42 Å². The Hall–Kier alpha value is -1.01. The molecule has 0 radical (unpaired) electrons. The van der Waals surface area contributed by atoms with Crippen LogP contribution in [-0.2, 0) is 9.53 Å². The molecule has 0 saturated carbocycles. The third-order valence-electron chi connectivity index (χ3n) is 1.62. The van der Waals surface area contributed by atoms with Crippen molar-refractivity contribution in [2.45, 2.75) is 13.3 Å². The topological polar surface area (TPSA) is 29.5 Å². The quantitative estimate of drug-likeness (QED) is 0.443. The van der Waals surface area contributed by atoms with Gasteiger partial charge in [0.15, 0.2) is 0 Å². The van der Waals surface area contributed by atoms with Crippen molar-refractivity contribution < 1.29 is 9.53 Å². The first-order valence-electron chi connectivity index (χ1n) is 3.97. The van der Waals surface area contributed by atoms with Crippen molar-refractivity contribution in [1.29, 1.82) is 0 Å². The first kappa shape index (κ1) is 11.0. The maximum Gasteiger partial charge on any atom is 0.306 e. The van der Waals surface area contributed by atoms with Crippen LogP contribution in [0.25, 0.3) is 0 Å². The highest BCUT2D eigenvalue weighted by Crippen LogP contribution is 1.91. The van der Waals surface area contributed by atoms with E-state index in [0.717, 1.165) is 6.54 Å². The summed E-state index contributed by atoms with van der Waals surface area (Å²) >= 11 is 0. The predicted octanol–water partition coefficient (Wildman–Crippen LogP) is 0.505. The normalized spacial score (nSPS) is 9.50. The molecule has 0 aromatic rings. The van der Waals surface area contributed by atoms with Crippen molar-refractivity contribution in [3.05, 3.63) is 0 Å². The summed E-state index contributed by atoms with van der Waals surface area (Å²) in [6.07, 6.45) is 5.54. The number of esters is 1. The smallest absolute Gasteiger partial charge is 0.306 e. The molecule has 0 atom stereocenters. The van der Waals surface area contributed by atoms with Gasteiger partial charge in [-0.2, -0.15) is 0 Å². The van der Waals surface area contributed by atoms with Crippen LogP contribution in [0.3, 0.4) is 0 Å². The fourth-order valence-electron chi connectivity index (χ4n) is 0.830. The van der Waals surface area contributed by atoms with E-state index in [-0.39, 0.29) is 5.97 Å². The molecule has 0 rings (SSSR count). The molecule has 0 N–H and O–H groups in total. The second kappa shape index (κ2) is 6.68. The third kappa shape index (κ3) is 4.75. The van der Waals surface area contributed by atoms with Gasteiger partial charge in [-0.25, -0.2) is 0 Å². The molecule has 0 aliphatic rings. The van der Waals surface area contributed by atoms with Gasteiger partial charge in [0.05, 0.1) is 20.1 Å². The van der Waals surface area contributed by atoms with Crippen LogP contribution in [0.15, 0.2) is 0 Å². The highest BCUT2D eigenvalue weighted by Gasteiger charge is 2.04. The minimum atomic E-state index is -0.189. The fourth-order valence-corrected chi connectivity index (χ4v) is 0.830. The zero-order valence-electron chi connectivity index (χ0n) is 7.67. The average molecular weight is 169 g/mol. The number of rotatable bonds is 5. The molecule has 0 saturated heterocycles. The number of methoxy groups -OCH3 is 1. The minimum Gasteiger partial charge on any atom is -0.469 e. The van der Waals surface area contributed by atoms with Gasteiger partial charge in [-0.1, -0.05) is 12.8 Å². The van der Waals surface area contributed by atoms with Crippen LogP contribution in [-0.4, -0.2) is 37.6 Å². The lowest BCUT2D eigenvalue weighted by Gasteiger charge is -2.15. The standard InChI is InChI=1S/C9H15NO2/c1-4-7-10(5-2)8-6-9(11)12-3/h1H,5-8H2,2-3H3. The number of ether oxygens (including phenoxy) is 1. The van der Waals surface area contributed by atoms with E-state index < -0.39 is 0 Å². The Morgan fingerprint density at radius 1 is 1.67 bits per heavy atom. The summed E-state index contributed by atoms with van der Waals surface area (Å²) in [6, 6.07) is 0. The molecule has 68 valence electrons. The van der Waals surface area contributed by atoms with E-state index in [1.807, 2.05) is 11.8 Å². The van der Waals surface area contributed by atoms with Gasteiger partial charge in [0.2, 0.25) is 0 Å². The van der Waals surface area contributed by atoms with Crippen molar-refractivity contribution in [2.75, 3.05) is 26.7 Å². The molecule has 12 heavy (non-hydrogen) atoms. The van der Waals surface area contributed by atoms with Crippen LogP contribution in [0.5, 0.6) is 0 Å². The van der Waals surface area contributed by atoms with Gasteiger partial charge in [0.25, 0.3) is 0 Å². The molecule has 0 aromatic heterocycles. The first-order valence-corrected chi connectivity index (χ1v) is 3.97. The summed E-state index contributed by atoms with van der Waals surface area (Å²) in [5.74, 6) is 2.34. The summed E-state index contributed by atoms with van der Waals surface area (Å²) in [5, 5.41) is 0. The van der Waals surface area contributed by atoms with Crippen molar-refractivity contribution in [3.63, 3.8) is 0 Å². The summed E-state index contributed by atoms with van der Waals surface area (Å²) in [7, 11) is 1.39. The zero-order chi connectivity index (χ0) is 9.40. The molecule has 0 aromatic carbocycles. The number of carbonyl (C=O) groups excluding carboxylic acids is 1. The lowest BCUT2D eigenvalue weighted by atomic mass is 10.4. The molecule has 3 heteroatoms. The largest absolute Gasteiger partial charge is 0.469 e. The summed E-state index contributed by atoms with van der Waals surface area (Å²) in [6.45, 7) is 4.14. The number of nitrogens with zero attached hydrogens (tertiary/aromatic N) is 1. The first-order chi connectivity index (χ1) is 5.74. The number of hydrogen-bond donors (Lipinski definition) is 0. The maximum atomic E-state index is 10.7. The molecule has 0 unspecified atom stereocenters. The monoisotopic (exact) mass is 169 g/mol. The Morgan fingerprint density at radius 3 is 2.75 bits per heavy atom. The second-order valence-electron chi connectivity index (χ2n) is 2.40. The molecule has 0 spiro atoms. The van der Waals surface area contributed by atoms with Crippen LogP contribution in [0.2, 0.25) is 0 Å². The molecular weight excluding hydrogens is 154 g/mol. The summed E-state index contributed by atoms with van der Waals surface area (Å²) in [4.78, 5) is 12.7. The van der Waals surface area contributed by atoms with Gasteiger partial charge in [-0.15, -0.1) is 6.42 Å². The lowest BCUT2D eigenvalue weighted by molar-refractivity contribution is -0.140. The van der Waals surface area contributed by atoms with E-state index in [9.17, 15) is 4.79 Å². The molecular formula is C9H15NO2. The summed E-state index contributed by atoms with van der Waals surface area (Å²) in [5.41, 5.74) is 0. The average Bonchev–Trinajstić information content (AvgIpc) is 2.11.